The molecule has 5 nitrogen and oxygen atoms in total. The van der Waals surface area contributed by atoms with Crippen molar-refractivity contribution in [2.45, 2.75) is 0 Å². The van der Waals surface area contributed by atoms with E-state index in [-0.39, 0.29) is 17.2 Å². The predicted molar refractivity (Wildman–Crippen MR) is 70.9 cm³/mol. The number of benzene rings is 1. The molecule has 0 saturated carbocycles. The van der Waals surface area contributed by atoms with E-state index in [0.717, 1.165) is 0 Å². The number of fused-ring (bicyclic) bond motifs is 1. The van der Waals surface area contributed by atoms with E-state index < -0.39 is 0 Å². The van der Waals surface area contributed by atoms with Crippen LogP contribution in [-0.4, -0.2) is 21.5 Å². The third kappa shape index (κ3) is 1.62. The van der Waals surface area contributed by atoms with Crippen LogP contribution in [0.15, 0.2) is 34.1 Å². The Morgan fingerprint density at radius 2 is 2.06 bits per heavy atom. The molecule has 3 rings (SSSR count). The molecule has 0 radical (unpaired) electrons. The third-order valence-corrected chi connectivity index (χ3v) is 3.66. The number of hydrogen-bond acceptors (Lipinski definition) is 5. The van der Waals surface area contributed by atoms with Crippen molar-refractivity contribution in [2.75, 3.05) is 5.75 Å². The first-order valence-electron chi connectivity index (χ1n) is 5.32. The van der Waals surface area contributed by atoms with Gasteiger partial charge in [-0.25, -0.2) is 4.98 Å². The average molecular weight is 259 g/mol. The zero-order valence-electron chi connectivity index (χ0n) is 9.27. The molecule has 1 aromatic heterocycles. The van der Waals surface area contributed by atoms with Crippen LogP contribution in [0.5, 0.6) is 0 Å². The Balaban J connectivity index is 2.29. The highest BCUT2D eigenvalue weighted by Crippen LogP contribution is 2.30. The van der Waals surface area contributed by atoms with Gasteiger partial charge in [0.05, 0.1) is 27.3 Å². The predicted octanol–water partition coefficient (Wildman–Crippen LogP) is 0.866. The molecule has 18 heavy (non-hydrogen) atoms. The van der Waals surface area contributed by atoms with Crippen molar-refractivity contribution in [2.24, 2.45) is 5.73 Å². The fourth-order valence-electron chi connectivity index (χ4n) is 1.88. The standard InChI is InChI=1S/C12H9N3O2S/c13-10-9(8(16)5-18-10)11-14-7-4-2-1-3-6(7)12(17)15-11/h1-4H,5,13H2,(H,14,15,17). The first kappa shape index (κ1) is 11.0. The normalized spacial score (nSPS) is 15.7. The molecule has 0 unspecified atom stereocenters. The Kier molecular flexibility index (Phi) is 2.45. The number of para-hydroxylation sites is 1. The van der Waals surface area contributed by atoms with Crippen molar-refractivity contribution in [1.29, 1.82) is 0 Å². The van der Waals surface area contributed by atoms with Crippen LogP contribution in [0.2, 0.25) is 0 Å². The van der Waals surface area contributed by atoms with Crippen LogP contribution in [0.25, 0.3) is 16.5 Å². The number of nitrogens with one attached hydrogen (secondary N) is 1. The maximum Gasteiger partial charge on any atom is 0.259 e. The second-order valence-electron chi connectivity index (χ2n) is 3.88. The van der Waals surface area contributed by atoms with Crippen LogP contribution in [0.4, 0.5) is 0 Å². The van der Waals surface area contributed by atoms with Gasteiger partial charge in [-0.05, 0) is 12.1 Å². The number of aromatic amines is 1. The molecule has 0 atom stereocenters. The minimum Gasteiger partial charge on any atom is -0.393 e. The number of rotatable bonds is 1. The molecule has 1 aromatic carbocycles. The van der Waals surface area contributed by atoms with Crippen molar-refractivity contribution < 1.29 is 4.79 Å². The van der Waals surface area contributed by atoms with Gasteiger partial charge in [-0.15, -0.1) is 0 Å². The van der Waals surface area contributed by atoms with E-state index in [4.69, 9.17) is 5.73 Å². The second kappa shape index (κ2) is 3.99. The lowest BCUT2D eigenvalue weighted by Crippen LogP contribution is -2.14. The number of hydrogen-bond donors (Lipinski definition) is 2. The van der Waals surface area contributed by atoms with Gasteiger partial charge < -0.3 is 10.7 Å². The van der Waals surface area contributed by atoms with Crippen LogP contribution in [0.3, 0.4) is 0 Å². The minimum absolute atomic E-state index is 0.101. The molecule has 1 aliphatic rings. The van der Waals surface area contributed by atoms with Crippen LogP contribution in [0, 0.1) is 0 Å². The van der Waals surface area contributed by atoms with Crippen molar-refractivity contribution in [1.82, 2.24) is 9.97 Å². The van der Waals surface area contributed by atoms with E-state index in [9.17, 15) is 9.59 Å². The van der Waals surface area contributed by atoms with Gasteiger partial charge in [0.1, 0.15) is 5.82 Å². The summed E-state index contributed by atoms with van der Waals surface area (Å²) in [7, 11) is 0. The van der Waals surface area contributed by atoms with Gasteiger partial charge in [0, 0.05) is 0 Å². The van der Waals surface area contributed by atoms with E-state index in [1.165, 1.54) is 11.8 Å². The van der Waals surface area contributed by atoms with E-state index in [2.05, 4.69) is 9.97 Å². The molecule has 0 spiro atoms. The van der Waals surface area contributed by atoms with Gasteiger partial charge in [0.15, 0.2) is 5.78 Å². The highest BCUT2D eigenvalue weighted by Gasteiger charge is 2.25. The zero-order valence-corrected chi connectivity index (χ0v) is 10.1. The average Bonchev–Trinajstić information content (AvgIpc) is 2.69. The van der Waals surface area contributed by atoms with Gasteiger partial charge in [0.25, 0.3) is 5.56 Å². The Morgan fingerprint density at radius 1 is 1.28 bits per heavy atom. The molecule has 0 bridgehead atoms. The van der Waals surface area contributed by atoms with Crippen molar-refractivity contribution in [3.8, 4) is 0 Å². The molecule has 3 N–H and O–H groups in total. The van der Waals surface area contributed by atoms with E-state index >= 15 is 0 Å². The summed E-state index contributed by atoms with van der Waals surface area (Å²) in [5.74, 6) is 0.458. The summed E-state index contributed by atoms with van der Waals surface area (Å²) >= 11 is 1.27. The van der Waals surface area contributed by atoms with Gasteiger partial charge in [-0.3, -0.25) is 9.59 Å². The second-order valence-corrected chi connectivity index (χ2v) is 4.90. The number of allylic oxidation sites excluding steroid dienone is 1. The summed E-state index contributed by atoms with van der Waals surface area (Å²) in [6.07, 6.45) is 0. The molecule has 0 amide bonds. The first-order valence-corrected chi connectivity index (χ1v) is 6.30. The number of carbonyl (C=O) groups excluding carboxylic acids is 1. The zero-order chi connectivity index (χ0) is 12.7. The van der Waals surface area contributed by atoms with Gasteiger partial charge in [-0.1, -0.05) is 23.9 Å². The van der Waals surface area contributed by atoms with Crippen LogP contribution in [-0.2, 0) is 4.79 Å². The maximum absolute atomic E-state index is 11.9. The van der Waals surface area contributed by atoms with Crippen LogP contribution < -0.4 is 11.3 Å². The van der Waals surface area contributed by atoms with Gasteiger partial charge >= 0.3 is 0 Å². The summed E-state index contributed by atoms with van der Waals surface area (Å²) in [6.45, 7) is 0. The van der Waals surface area contributed by atoms with Crippen molar-refractivity contribution >= 4 is 34.0 Å². The van der Waals surface area contributed by atoms with E-state index in [1.807, 2.05) is 0 Å². The maximum atomic E-state index is 11.9. The molecule has 0 saturated heterocycles. The molecule has 2 heterocycles. The fourth-order valence-corrected chi connectivity index (χ4v) is 2.66. The number of aromatic nitrogens is 2. The van der Waals surface area contributed by atoms with Crippen LogP contribution in [0.1, 0.15) is 5.82 Å². The third-order valence-electron chi connectivity index (χ3n) is 2.73. The lowest BCUT2D eigenvalue weighted by Gasteiger charge is -2.03. The summed E-state index contributed by atoms with van der Waals surface area (Å²) in [6, 6.07) is 6.98. The number of ketones is 1. The number of H-pyrrole nitrogens is 1. The molecular formula is C12H9N3O2S. The molecule has 90 valence electrons. The Bertz CT molecular complexity index is 748. The quantitative estimate of drug-likeness (QED) is 0.793. The van der Waals surface area contributed by atoms with Crippen molar-refractivity contribution in [3.05, 3.63) is 45.5 Å². The monoisotopic (exact) mass is 259 g/mol. The Morgan fingerprint density at radius 3 is 2.78 bits per heavy atom. The van der Waals surface area contributed by atoms with E-state index in [1.54, 1.807) is 24.3 Å². The smallest absolute Gasteiger partial charge is 0.259 e. The molecule has 6 heteroatoms. The Labute approximate surface area is 106 Å². The van der Waals surface area contributed by atoms with Gasteiger partial charge in [-0.2, -0.15) is 0 Å². The molecular weight excluding hydrogens is 250 g/mol. The number of thioether (sulfide) groups is 1. The minimum atomic E-state index is -0.263. The number of nitrogens with zero attached hydrogens (tertiary/aromatic N) is 1. The SMILES string of the molecule is NC1=C(c2nc3ccccc3c(=O)[nH]2)C(=O)CS1. The lowest BCUT2D eigenvalue weighted by molar-refractivity contribution is -0.111. The summed E-state index contributed by atoms with van der Waals surface area (Å²) in [5.41, 5.74) is 6.37. The summed E-state index contributed by atoms with van der Waals surface area (Å²) < 4.78 is 0. The van der Waals surface area contributed by atoms with Crippen LogP contribution >= 0.6 is 11.8 Å². The molecule has 0 aliphatic carbocycles. The highest BCUT2D eigenvalue weighted by molar-refractivity contribution is 8.04. The molecule has 1 aliphatic heterocycles. The number of Topliss-reactive ketones (excluding diaryl/α,β-unsaturated/α-hetero) is 1. The number of carbonyl (C=O) groups is 1. The van der Waals surface area contributed by atoms with Gasteiger partial charge in [0.2, 0.25) is 0 Å². The Hall–Kier alpha value is -2.08. The van der Waals surface area contributed by atoms with E-state index in [0.29, 0.717) is 27.3 Å². The van der Waals surface area contributed by atoms with Crippen molar-refractivity contribution in [3.63, 3.8) is 0 Å². The lowest BCUT2D eigenvalue weighted by atomic mass is 10.1. The highest BCUT2D eigenvalue weighted by atomic mass is 32.2. The summed E-state index contributed by atoms with van der Waals surface area (Å²) in [4.78, 5) is 30.5. The molecule has 2 aromatic rings. The topological polar surface area (TPSA) is 88.8 Å². The molecule has 0 fully saturated rings. The number of nitrogens with two attached hydrogens (primary N) is 1. The fraction of sp³-hybridized carbons (Fsp3) is 0.0833. The first-order chi connectivity index (χ1) is 8.66. The summed E-state index contributed by atoms with van der Waals surface area (Å²) in [5, 5.41) is 0.914. The largest absolute Gasteiger partial charge is 0.393 e.